The molecule has 0 amide bonds. The molecule has 2 rings (SSSR count). The monoisotopic (exact) mass is 278 g/mol. The van der Waals surface area contributed by atoms with Crippen LogP contribution in [0, 0.1) is 5.92 Å². The highest BCUT2D eigenvalue weighted by molar-refractivity contribution is 7.10. The van der Waals surface area contributed by atoms with E-state index in [1.54, 1.807) is 17.4 Å². The molecule has 0 aliphatic carbocycles. The fourth-order valence-corrected chi connectivity index (χ4v) is 2.76. The van der Waals surface area contributed by atoms with Crippen LogP contribution in [0.5, 0.6) is 0 Å². The van der Waals surface area contributed by atoms with Gasteiger partial charge in [-0.15, -0.1) is 11.3 Å². The zero-order valence-corrected chi connectivity index (χ0v) is 11.7. The van der Waals surface area contributed by atoms with Crippen molar-refractivity contribution in [3.63, 3.8) is 0 Å². The molecule has 6 N–H and O–H groups in total. The maximum absolute atomic E-state index is 5.65. The maximum Gasteiger partial charge on any atom is 0.223 e. The molecule has 0 aromatic carbocycles. The highest BCUT2D eigenvalue weighted by atomic mass is 32.1. The van der Waals surface area contributed by atoms with E-state index in [0.717, 1.165) is 0 Å². The molecule has 7 heteroatoms. The number of nitrogens with one attached hydrogen (secondary N) is 2. The minimum absolute atomic E-state index is 0.180. The van der Waals surface area contributed by atoms with Gasteiger partial charge in [-0.3, -0.25) is 0 Å². The Bertz CT molecular complexity index is 525. The zero-order valence-electron chi connectivity index (χ0n) is 10.9. The summed E-state index contributed by atoms with van der Waals surface area (Å²) in [5.74, 6) is 7.11. The molecule has 0 fully saturated rings. The van der Waals surface area contributed by atoms with Gasteiger partial charge in [0.15, 0.2) is 0 Å². The molecule has 0 aliphatic rings. The Labute approximate surface area is 116 Å². The minimum Gasteiger partial charge on any atom is -0.368 e. The molecule has 2 aromatic rings. The Morgan fingerprint density at radius 3 is 2.58 bits per heavy atom. The first-order valence-corrected chi connectivity index (χ1v) is 6.89. The Kier molecular flexibility index (Phi) is 4.18. The van der Waals surface area contributed by atoms with E-state index in [-0.39, 0.29) is 12.0 Å². The molecule has 0 bridgehead atoms. The average molecular weight is 278 g/mol. The smallest absolute Gasteiger partial charge is 0.223 e. The van der Waals surface area contributed by atoms with Gasteiger partial charge < -0.3 is 16.5 Å². The van der Waals surface area contributed by atoms with Gasteiger partial charge in [-0.1, -0.05) is 19.9 Å². The highest BCUT2D eigenvalue weighted by Gasteiger charge is 2.17. The van der Waals surface area contributed by atoms with Gasteiger partial charge in [0, 0.05) is 10.9 Å². The van der Waals surface area contributed by atoms with Crippen molar-refractivity contribution in [2.75, 3.05) is 16.5 Å². The number of hydrazine groups is 1. The SMILES string of the molecule is CC(C)C(Nc1cc(NN)nc(N)n1)c1cccs1. The van der Waals surface area contributed by atoms with E-state index in [1.165, 1.54) is 4.88 Å². The average Bonchev–Trinajstić information content (AvgIpc) is 2.88. The molecule has 102 valence electrons. The fourth-order valence-electron chi connectivity index (χ4n) is 1.81. The molecule has 0 saturated carbocycles. The number of nitrogens with zero attached hydrogens (tertiary/aromatic N) is 2. The van der Waals surface area contributed by atoms with Crippen LogP contribution in [0.1, 0.15) is 24.8 Å². The summed E-state index contributed by atoms with van der Waals surface area (Å²) in [6.45, 7) is 4.31. The third-order valence-electron chi connectivity index (χ3n) is 2.71. The van der Waals surface area contributed by atoms with Crippen molar-refractivity contribution in [1.82, 2.24) is 9.97 Å². The summed E-state index contributed by atoms with van der Waals surface area (Å²) in [4.78, 5) is 9.40. The summed E-state index contributed by atoms with van der Waals surface area (Å²) in [5.41, 5.74) is 8.13. The van der Waals surface area contributed by atoms with Crippen molar-refractivity contribution in [3.05, 3.63) is 28.5 Å². The fraction of sp³-hybridized carbons (Fsp3) is 0.333. The molecular weight excluding hydrogens is 260 g/mol. The second kappa shape index (κ2) is 5.85. The summed E-state index contributed by atoms with van der Waals surface area (Å²) in [6, 6.07) is 6.06. The second-order valence-corrected chi connectivity index (χ2v) is 5.50. The maximum atomic E-state index is 5.65. The first kappa shape index (κ1) is 13.6. The van der Waals surface area contributed by atoms with Crippen molar-refractivity contribution in [3.8, 4) is 0 Å². The van der Waals surface area contributed by atoms with Crippen LogP contribution in [0.25, 0.3) is 0 Å². The predicted molar refractivity (Wildman–Crippen MR) is 79.8 cm³/mol. The molecule has 6 nitrogen and oxygen atoms in total. The molecule has 0 saturated heterocycles. The van der Waals surface area contributed by atoms with Gasteiger partial charge >= 0.3 is 0 Å². The Morgan fingerprint density at radius 2 is 2.00 bits per heavy atom. The van der Waals surface area contributed by atoms with Crippen molar-refractivity contribution in [2.45, 2.75) is 19.9 Å². The largest absolute Gasteiger partial charge is 0.368 e. The summed E-state index contributed by atoms with van der Waals surface area (Å²) in [6.07, 6.45) is 0. The molecule has 0 spiro atoms. The number of nitrogens with two attached hydrogens (primary N) is 2. The quantitative estimate of drug-likeness (QED) is 0.494. The third-order valence-corrected chi connectivity index (χ3v) is 3.67. The second-order valence-electron chi connectivity index (χ2n) is 4.52. The molecule has 0 aliphatic heterocycles. The Balaban J connectivity index is 2.24. The zero-order chi connectivity index (χ0) is 13.8. The van der Waals surface area contributed by atoms with Crippen LogP contribution < -0.4 is 22.3 Å². The lowest BCUT2D eigenvalue weighted by Crippen LogP contribution is -2.18. The minimum atomic E-state index is 0.180. The number of hydrogen-bond acceptors (Lipinski definition) is 7. The van der Waals surface area contributed by atoms with E-state index in [0.29, 0.717) is 17.6 Å². The van der Waals surface area contributed by atoms with Gasteiger partial charge in [-0.05, 0) is 17.4 Å². The molecular formula is C12H18N6S. The Morgan fingerprint density at radius 1 is 1.26 bits per heavy atom. The summed E-state index contributed by atoms with van der Waals surface area (Å²) >= 11 is 1.72. The predicted octanol–water partition coefficient (Wildman–Crippen LogP) is 2.22. The van der Waals surface area contributed by atoms with Crippen LogP contribution in [0.3, 0.4) is 0 Å². The van der Waals surface area contributed by atoms with Crippen molar-refractivity contribution in [1.29, 1.82) is 0 Å². The summed E-state index contributed by atoms with van der Waals surface area (Å²) in [7, 11) is 0. The van der Waals surface area contributed by atoms with Crippen LogP contribution in [-0.2, 0) is 0 Å². The Hall–Kier alpha value is -1.86. The lowest BCUT2D eigenvalue weighted by atomic mass is 10.0. The van der Waals surface area contributed by atoms with Crippen molar-refractivity contribution >= 4 is 28.9 Å². The van der Waals surface area contributed by atoms with Gasteiger partial charge in [0.05, 0.1) is 6.04 Å². The number of nitrogen functional groups attached to an aromatic ring is 2. The van der Waals surface area contributed by atoms with E-state index in [9.17, 15) is 0 Å². The normalized spacial score (nSPS) is 12.4. The van der Waals surface area contributed by atoms with Gasteiger partial charge in [-0.25, -0.2) is 5.84 Å². The van der Waals surface area contributed by atoms with Crippen LogP contribution in [-0.4, -0.2) is 9.97 Å². The summed E-state index contributed by atoms with van der Waals surface area (Å²) in [5, 5.41) is 5.44. The van der Waals surface area contributed by atoms with Gasteiger partial charge in [0.1, 0.15) is 11.6 Å². The van der Waals surface area contributed by atoms with Crippen LogP contribution in [0.4, 0.5) is 17.6 Å². The summed E-state index contributed by atoms with van der Waals surface area (Å²) < 4.78 is 0. The van der Waals surface area contributed by atoms with E-state index in [4.69, 9.17) is 11.6 Å². The number of thiophene rings is 1. The topological polar surface area (TPSA) is 102 Å². The highest BCUT2D eigenvalue weighted by Crippen LogP contribution is 2.29. The van der Waals surface area contributed by atoms with Gasteiger partial charge in [-0.2, -0.15) is 9.97 Å². The molecule has 19 heavy (non-hydrogen) atoms. The van der Waals surface area contributed by atoms with Gasteiger partial charge in [0.25, 0.3) is 0 Å². The molecule has 2 aromatic heterocycles. The molecule has 1 unspecified atom stereocenters. The molecule has 0 radical (unpaired) electrons. The van der Waals surface area contributed by atoms with E-state index < -0.39 is 0 Å². The van der Waals surface area contributed by atoms with Crippen LogP contribution in [0.15, 0.2) is 23.6 Å². The lowest BCUT2D eigenvalue weighted by Gasteiger charge is -2.22. The first-order chi connectivity index (χ1) is 9.10. The van der Waals surface area contributed by atoms with Crippen molar-refractivity contribution in [2.24, 2.45) is 11.8 Å². The van der Waals surface area contributed by atoms with E-state index in [2.05, 4.69) is 46.0 Å². The lowest BCUT2D eigenvalue weighted by molar-refractivity contribution is 0.552. The standard InChI is InChI=1S/C12H18N6S/c1-7(2)11(8-4-3-5-19-8)15-9-6-10(18-14)17-12(13)16-9/h3-7,11H,14H2,1-2H3,(H4,13,15,16,17,18). The van der Waals surface area contributed by atoms with E-state index in [1.807, 2.05) is 6.07 Å². The van der Waals surface area contributed by atoms with Crippen LogP contribution in [0.2, 0.25) is 0 Å². The number of rotatable bonds is 5. The first-order valence-electron chi connectivity index (χ1n) is 6.01. The number of anilines is 3. The third kappa shape index (κ3) is 3.33. The molecule has 2 heterocycles. The van der Waals surface area contributed by atoms with E-state index >= 15 is 0 Å². The number of aromatic nitrogens is 2. The number of hydrogen-bond donors (Lipinski definition) is 4. The van der Waals surface area contributed by atoms with Crippen molar-refractivity contribution < 1.29 is 0 Å². The van der Waals surface area contributed by atoms with Crippen LogP contribution >= 0.6 is 11.3 Å². The molecule has 1 atom stereocenters. The van der Waals surface area contributed by atoms with Gasteiger partial charge in [0.2, 0.25) is 5.95 Å².